The molecule has 0 amide bonds. The number of aromatic nitrogens is 4. The predicted octanol–water partition coefficient (Wildman–Crippen LogP) is 4.67. The molecule has 0 fully saturated rings. The van der Waals surface area contributed by atoms with E-state index in [9.17, 15) is 4.79 Å². The minimum atomic E-state index is -0.0491. The van der Waals surface area contributed by atoms with E-state index in [0.29, 0.717) is 22.6 Å². The Balaban J connectivity index is 1.58. The number of rotatable bonds is 4. The Morgan fingerprint density at radius 2 is 1.93 bits per heavy atom. The molecule has 0 spiro atoms. The summed E-state index contributed by atoms with van der Waals surface area (Å²) in [4.78, 5) is 18.7. The molecule has 28 heavy (non-hydrogen) atoms. The fraction of sp³-hybridized carbons (Fsp3) is 0.0952. The zero-order chi connectivity index (χ0) is 19.1. The minimum Gasteiger partial charge on any atom is -0.314 e. The largest absolute Gasteiger partial charge is 0.314 e. The summed E-state index contributed by atoms with van der Waals surface area (Å²) in [5, 5.41) is 7.77. The summed E-state index contributed by atoms with van der Waals surface area (Å²) in [7, 11) is 0. The van der Waals surface area contributed by atoms with Gasteiger partial charge in [0.15, 0.2) is 5.65 Å². The average Bonchev–Trinajstić information content (AvgIpc) is 3.38. The molecule has 0 aliphatic carbocycles. The van der Waals surface area contributed by atoms with Crippen molar-refractivity contribution in [3.05, 3.63) is 86.7 Å². The van der Waals surface area contributed by atoms with Crippen LogP contribution in [-0.2, 0) is 13.0 Å². The van der Waals surface area contributed by atoms with Crippen molar-refractivity contribution in [3.63, 3.8) is 0 Å². The van der Waals surface area contributed by atoms with Crippen LogP contribution in [0.2, 0.25) is 5.02 Å². The number of nitrogens with zero attached hydrogens (tertiary/aromatic N) is 4. The van der Waals surface area contributed by atoms with Crippen LogP contribution in [0.1, 0.15) is 4.88 Å². The summed E-state index contributed by atoms with van der Waals surface area (Å²) < 4.78 is 3.46. The number of benzene rings is 1. The van der Waals surface area contributed by atoms with E-state index in [4.69, 9.17) is 11.6 Å². The van der Waals surface area contributed by atoms with Crippen LogP contribution in [-0.4, -0.2) is 19.2 Å². The van der Waals surface area contributed by atoms with E-state index < -0.39 is 0 Å². The zero-order valence-electron chi connectivity index (χ0n) is 14.7. The lowest BCUT2D eigenvalue weighted by Gasteiger charge is -2.07. The summed E-state index contributed by atoms with van der Waals surface area (Å²) in [6.07, 6.45) is 6.09. The molecule has 0 saturated carbocycles. The van der Waals surface area contributed by atoms with Crippen molar-refractivity contribution in [2.75, 3.05) is 0 Å². The van der Waals surface area contributed by atoms with Crippen LogP contribution in [0.3, 0.4) is 0 Å². The quantitative estimate of drug-likeness (QED) is 0.436. The van der Waals surface area contributed by atoms with Gasteiger partial charge in [-0.15, -0.1) is 11.3 Å². The SMILES string of the molecule is O=c1c2cnc3c(-c4ccc(Cl)cc4)cnn3c2ccn1CCc1cccs1. The number of aryl methyl sites for hydroxylation is 2. The molecule has 0 aliphatic heterocycles. The van der Waals surface area contributed by atoms with Crippen molar-refractivity contribution < 1.29 is 0 Å². The summed E-state index contributed by atoms with van der Waals surface area (Å²) in [6, 6.07) is 13.6. The van der Waals surface area contributed by atoms with Gasteiger partial charge in [-0.25, -0.2) is 9.50 Å². The van der Waals surface area contributed by atoms with Crippen LogP contribution >= 0.6 is 22.9 Å². The Hall–Kier alpha value is -2.96. The van der Waals surface area contributed by atoms with Crippen LogP contribution in [0.4, 0.5) is 0 Å². The van der Waals surface area contributed by atoms with Crippen molar-refractivity contribution in [3.8, 4) is 11.1 Å². The molecular weight excluding hydrogens is 392 g/mol. The first-order chi connectivity index (χ1) is 13.7. The van der Waals surface area contributed by atoms with Gasteiger partial charge in [-0.2, -0.15) is 5.10 Å². The molecule has 0 atom stereocenters. The van der Waals surface area contributed by atoms with E-state index in [0.717, 1.165) is 23.1 Å². The Kier molecular flexibility index (Phi) is 4.22. The van der Waals surface area contributed by atoms with Gasteiger partial charge < -0.3 is 4.57 Å². The van der Waals surface area contributed by atoms with Gasteiger partial charge in [-0.1, -0.05) is 29.8 Å². The molecule has 5 rings (SSSR count). The lowest BCUT2D eigenvalue weighted by Crippen LogP contribution is -2.21. The maximum atomic E-state index is 12.9. The van der Waals surface area contributed by atoms with Crippen LogP contribution < -0.4 is 5.56 Å². The molecule has 5 nitrogen and oxygen atoms in total. The smallest absolute Gasteiger partial charge is 0.261 e. The lowest BCUT2D eigenvalue weighted by molar-refractivity contribution is 0.679. The zero-order valence-corrected chi connectivity index (χ0v) is 16.3. The highest BCUT2D eigenvalue weighted by Crippen LogP contribution is 2.26. The number of thiophene rings is 1. The van der Waals surface area contributed by atoms with Crippen LogP contribution in [0.5, 0.6) is 0 Å². The predicted molar refractivity (Wildman–Crippen MR) is 113 cm³/mol. The van der Waals surface area contributed by atoms with Crippen LogP contribution in [0.25, 0.3) is 27.7 Å². The van der Waals surface area contributed by atoms with Gasteiger partial charge in [-0.05, 0) is 41.6 Å². The Morgan fingerprint density at radius 3 is 2.71 bits per heavy atom. The molecule has 0 aliphatic rings. The Bertz CT molecular complexity index is 1340. The van der Waals surface area contributed by atoms with Crippen LogP contribution in [0.15, 0.2) is 71.2 Å². The minimum absolute atomic E-state index is 0.0491. The number of halogens is 1. The van der Waals surface area contributed by atoms with E-state index in [2.05, 4.69) is 21.5 Å². The van der Waals surface area contributed by atoms with Crippen molar-refractivity contribution in [1.82, 2.24) is 19.2 Å². The number of fused-ring (bicyclic) bond motifs is 3. The second-order valence-corrected chi connectivity index (χ2v) is 7.97. The van der Waals surface area contributed by atoms with Gasteiger partial charge in [0.1, 0.15) is 0 Å². The topological polar surface area (TPSA) is 52.2 Å². The second kappa shape index (κ2) is 6.89. The van der Waals surface area contributed by atoms with E-state index in [1.165, 1.54) is 4.88 Å². The standard InChI is InChI=1S/C21H15ClN4OS/c22-15-5-3-14(4-6-15)17-13-24-26-19-8-10-25(9-7-16-2-1-11-28-16)21(27)18(19)12-23-20(17)26/h1-6,8,10-13H,7,9H2. The Labute approximate surface area is 169 Å². The third-order valence-electron chi connectivity index (χ3n) is 4.80. The summed E-state index contributed by atoms with van der Waals surface area (Å²) in [5.74, 6) is 0. The number of hydrogen-bond donors (Lipinski definition) is 0. The van der Waals surface area contributed by atoms with Gasteiger partial charge in [0.05, 0.1) is 17.1 Å². The first kappa shape index (κ1) is 17.2. The van der Waals surface area contributed by atoms with Crippen LogP contribution in [0, 0.1) is 0 Å². The van der Waals surface area contributed by atoms with E-state index in [1.54, 1.807) is 32.8 Å². The van der Waals surface area contributed by atoms with Gasteiger partial charge in [0.2, 0.25) is 0 Å². The summed E-state index contributed by atoms with van der Waals surface area (Å²) in [5.41, 5.74) is 3.30. The lowest BCUT2D eigenvalue weighted by atomic mass is 10.1. The van der Waals surface area contributed by atoms with E-state index in [-0.39, 0.29) is 5.56 Å². The number of pyridine rings is 1. The molecule has 0 N–H and O–H groups in total. The van der Waals surface area contributed by atoms with E-state index in [1.807, 2.05) is 42.6 Å². The van der Waals surface area contributed by atoms with Crippen molar-refractivity contribution in [2.24, 2.45) is 0 Å². The van der Waals surface area contributed by atoms with Gasteiger partial charge in [0, 0.05) is 34.4 Å². The monoisotopic (exact) mass is 406 g/mol. The normalized spacial score (nSPS) is 11.5. The number of hydrogen-bond acceptors (Lipinski definition) is 4. The highest BCUT2D eigenvalue weighted by atomic mass is 35.5. The van der Waals surface area contributed by atoms with Crippen molar-refractivity contribution in [2.45, 2.75) is 13.0 Å². The third-order valence-corrected chi connectivity index (χ3v) is 5.99. The van der Waals surface area contributed by atoms with Crippen molar-refractivity contribution in [1.29, 1.82) is 0 Å². The molecule has 4 heterocycles. The molecule has 0 radical (unpaired) electrons. The Morgan fingerprint density at radius 1 is 1.07 bits per heavy atom. The third kappa shape index (κ3) is 2.91. The summed E-state index contributed by atoms with van der Waals surface area (Å²) >= 11 is 7.69. The summed E-state index contributed by atoms with van der Waals surface area (Å²) in [6.45, 7) is 0.641. The first-order valence-electron chi connectivity index (χ1n) is 8.85. The molecule has 138 valence electrons. The highest BCUT2D eigenvalue weighted by Gasteiger charge is 2.13. The molecular formula is C21H15ClN4OS. The molecule has 5 aromatic rings. The van der Waals surface area contributed by atoms with Gasteiger partial charge in [-0.3, -0.25) is 4.79 Å². The first-order valence-corrected chi connectivity index (χ1v) is 10.1. The second-order valence-electron chi connectivity index (χ2n) is 6.50. The average molecular weight is 407 g/mol. The molecule has 0 unspecified atom stereocenters. The molecule has 4 aromatic heterocycles. The maximum Gasteiger partial charge on any atom is 0.261 e. The fourth-order valence-electron chi connectivity index (χ4n) is 3.35. The molecule has 7 heteroatoms. The molecule has 1 aromatic carbocycles. The van der Waals surface area contributed by atoms with Gasteiger partial charge >= 0.3 is 0 Å². The molecule has 0 bridgehead atoms. The van der Waals surface area contributed by atoms with Crippen molar-refractivity contribution >= 4 is 39.5 Å². The fourth-order valence-corrected chi connectivity index (χ4v) is 4.18. The maximum absolute atomic E-state index is 12.9. The molecule has 0 saturated heterocycles. The van der Waals surface area contributed by atoms with Gasteiger partial charge in [0.25, 0.3) is 5.56 Å². The highest BCUT2D eigenvalue weighted by molar-refractivity contribution is 7.09. The van der Waals surface area contributed by atoms with E-state index >= 15 is 0 Å².